The molecule has 0 saturated carbocycles. The Morgan fingerprint density at radius 2 is 1.79 bits per heavy atom. The molecule has 19 heavy (non-hydrogen) atoms. The number of nitrogens with zero attached hydrogens (tertiary/aromatic N) is 3. The molecule has 5 nitrogen and oxygen atoms in total. The van der Waals surface area contributed by atoms with Crippen molar-refractivity contribution in [2.45, 2.75) is 0 Å². The van der Waals surface area contributed by atoms with Gasteiger partial charge in [0.25, 0.3) is 5.88 Å². The molecule has 0 aliphatic carbocycles. The van der Waals surface area contributed by atoms with Crippen molar-refractivity contribution in [1.82, 2.24) is 5.16 Å². The summed E-state index contributed by atoms with van der Waals surface area (Å²) in [6.07, 6.45) is 0. The fourth-order valence-electron chi connectivity index (χ4n) is 1.70. The molecule has 94 valence electrons. The summed E-state index contributed by atoms with van der Waals surface area (Å²) < 4.78 is 10.2. The summed E-state index contributed by atoms with van der Waals surface area (Å²) in [5.74, 6) is 1.19. The van der Waals surface area contributed by atoms with Gasteiger partial charge in [0, 0.05) is 0 Å². The molecular formula is C14H11N3O2. The third-order valence-electron chi connectivity index (χ3n) is 2.69. The molecule has 0 bridgehead atoms. The number of azo groups is 1. The average Bonchev–Trinajstić information content (AvgIpc) is 2.89. The zero-order valence-corrected chi connectivity index (χ0v) is 10.3. The van der Waals surface area contributed by atoms with Crippen LogP contribution in [0.25, 0.3) is 10.9 Å². The molecule has 3 rings (SSSR count). The third-order valence-corrected chi connectivity index (χ3v) is 2.69. The Hall–Kier alpha value is -2.69. The second-order valence-electron chi connectivity index (χ2n) is 3.90. The first-order valence-electron chi connectivity index (χ1n) is 5.77. The van der Waals surface area contributed by atoms with Crippen molar-refractivity contribution in [3.63, 3.8) is 0 Å². The van der Waals surface area contributed by atoms with Gasteiger partial charge in [-0.3, -0.25) is 0 Å². The molecule has 0 saturated heterocycles. The maximum absolute atomic E-state index is 5.15. The number of fused-ring (bicyclic) bond motifs is 1. The van der Waals surface area contributed by atoms with Crippen LogP contribution in [0.15, 0.2) is 63.3 Å². The van der Waals surface area contributed by atoms with E-state index in [1.54, 1.807) is 7.11 Å². The second-order valence-corrected chi connectivity index (χ2v) is 3.90. The monoisotopic (exact) mass is 253 g/mol. The predicted molar refractivity (Wildman–Crippen MR) is 71.2 cm³/mol. The molecule has 0 aliphatic heterocycles. The van der Waals surface area contributed by atoms with Gasteiger partial charge in [-0.2, -0.15) is 0 Å². The van der Waals surface area contributed by atoms with Crippen molar-refractivity contribution >= 4 is 22.5 Å². The molecule has 5 heteroatoms. The van der Waals surface area contributed by atoms with Crippen LogP contribution < -0.4 is 4.74 Å². The average molecular weight is 253 g/mol. The molecule has 0 N–H and O–H groups in total. The highest BCUT2D eigenvalue weighted by molar-refractivity contribution is 5.86. The van der Waals surface area contributed by atoms with Gasteiger partial charge in [0.1, 0.15) is 11.3 Å². The first-order chi connectivity index (χ1) is 9.36. The standard InChI is InChI=1S/C14H11N3O2/c1-18-11-8-6-10(7-9-11)15-16-14-12-4-2-3-5-13(12)17-19-14/h2-9H,1H3. The molecular weight excluding hydrogens is 242 g/mol. The Labute approximate surface area is 109 Å². The van der Waals surface area contributed by atoms with Gasteiger partial charge in [0.2, 0.25) is 0 Å². The van der Waals surface area contributed by atoms with Crippen LogP contribution in [0, 0.1) is 0 Å². The lowest BCUT2D eigenvalue weighted by atomic mass is 10.2. The van der Waals surface area contributed by atoms with Crippen molar-refractivity contribution in [2.75, 3.05) is 7.11 Å². The number of methoxy groups -OCH3 is 1. The first-order valence-corrected chi connectivity index (χ1v) is 5.77. The summed E-state index contributed by atoms with van der Waals surface area (Å²) in [4.78, 5) is 0. The third kappa shape index (κ3) is 2.30. The topological polar surface area (TPSA) is 60.0 Å². The van der Waals surface area contributed by atoms with Gasteiger partial charge in [-0.25, -0.2) is 0 Å². The van der Waals surface area contributed by atoms with E-state index in [9.17, 15) is 0 Å². The summed E-state index contributed by atoms with van der Waals surface area (Å²) >= 11 is 0. The van der Waals surface area contributed by atoms with Crippen LogP contribution in [0.4, 0.5) is 11.6 Å². The van der Waals surface area contributed by atoms with Gasteiger partial charge in [-0.15, -0.1) is 10.2 Å². The maximum Gasteiger partial charge on any atom is 0.277 e. The predicted octanol–water partition coefficient (Wildman–Crippen LogP) is 4.25. The van der Waals surface area contributed by atoms with Gasteiger partial charge < -0.3 is 9.26 Å². The van der Waals surface area contributed by atoms with Crippen LogP contribution in [-0.4, -0.2) is 12.3 Å². The number of rotatable bonds is 3. The van der Waals surface area contributed by atoms with Crippen LogP contribution in [0.5, 0.6) is 5.75 Å². The first kappa shape index (κ1) is 11.4. The number of ether oxygens (including phenoxy) is 1. The van der Waals surface area contributed by atoms with Crippen molar-refractivity contribution in [1.29, 1.82) is 0 Å². The number of aromatic nitrogens is 1. The summed E-state index contributed by atoms with van der Waals surface area (Å²) in [7, 11) is 1.62. The maximum atomic E-state index is 5.15. The zero-order chi connectivity index (χ0) is 13.1. The smallest absolute Gasteiger partial charge is 0.277 e. The Kier molecular flexibility index (Phi) is 2.94. The summed E-state index contributed by atoms with van der Waals surface area (Å²) in [6, 6.07) is 14.9. The lowest BCUT2D eigenvalue weighted by Gasteiger charge is -1.97. The van der Waals surface area contributed by atoms with Gasteiger partial charge >= 0.3 is 0 Å². The summed E-state index contributed by atoms with van der Waals surface area (Å²) in [6.45, 7) is 0. The molecule has 0 radical (unpaired) electrons. The molecule has 2 aromatic carbocycles. The highest BCUT2D eigenvalue weighted by atomic mass is 16.5. The SMILES string of the molecule is COc1ccc(N=Nc2onc3ccccc23)cc1. The molecule has 0 fully saturated rings. The fourth-order valence-corrected chi connectivity index (χ4v) is 1.70. The number of hydrogen-bond acceptors (Lipinski definition) is 5. The molecule has 0 spiro atoms. The van der Waals surface area contributed by atoms with Crippen molar-refractivity contribution < 1.29 is 9.26 Å². The largest absolute Gasteiger partial charge is 0.497 e. The molecule has 0 aliphatic rings. The van der Waals surface area contributed by atoms with E-state index in [2.05, 4.69) is 15.4 Å². The van der Waals surface area contributed by atoms with Crippen molar-refractivity contribution in [3.05, 3.63) is 48.5 Å². The zero-order valence-electron chi connectivity index (χ0n) is 10.3. The van der Waals surface area contributed by atoms with E-state index in [0.717, 1.165) is 22.3 Å². The Balaban J connectivity index is 1.89. The minimum atomic E-state index is 0.409. The van der Waals surface area contributed by atoms with E-state index in [-0.39, 0.29) is 0 Å². The number of benzene rings is 2. The Bertz CT molecular complexity index is 717. The van der Waals surface area contributed by atoms with Crippen LogP contribution in [0.1, 0.15) is 0 Å². The quantitative estimate of drug-likeness (QED) is 0.655. The molecule has 1 aromatic heterocycles. The summed E-state index contributed by atoms with van der Waals surface area (Å²) in [5, 5.41) is 12.9. The molecule has 0 amide bonds. The minimum absolute atomic E-state index is 0.409. The highest BCUT2D eigenvalue weighted by Gasteiger charge is 2.05. The van der Waals surface area contributed by atoms with Crippen LogP contribution in [0.2, 0.25) is 0 Å². The van der Waals surface area contributed by atoms with Gasteiger partial charge in [-0.1, -0.05) is 17.3 Å². The van der Waals surface area contributed by atoms with Crippen LogP contribution in [0.3, 0.4) is 0 Å². The molecule has 3 aromatic rings. The Morgan fingerprint density at radius 3 is 2.58 bits per heavy atom. The van der Waals surface area contributed by atoms with Crippen LogP contribution >= 0.6 is 0 Å². The minimum Gasteiger partial charge on any atom is -0.497 e. The second kappa shape index (κ2) is 4.89. The van der Waals surface area contributed by atoms with E-state index in [0.29, 0.717) is 5.88 Å². The van der Waals surface area contributed by atoms with Gasteiger partial charge in [0.05, 0.1) is 18.2 Å². The number of hydrogen-bond donors (Lipinski definition) is 0. The van der Waals surface area contributed by atoms with Crippen molar-refractivity contribution in [2.24, 2.45) is 10.2 Å². The Morgan fingerprint density at radius 1 is 1.00 bits per heavy atom. The lowest BCUT2D eigenvalue weighted by molar-refractivity contribution is 0.415. The van der Waals surface area contributed by atoms with E-state index in [4.69, 9.17) is 9.26 Å². The molecule has 0 unspecified atom stereocenters. The highest BCUT2D eigenvalue weighted by Crippen LogP contribution is 2.27. The van der Waals surface area contributed by atoms with Gasteiger partial charge in [0.15, 0.2) is 0 Å². The molecule has 0 atom stereocenters. The van der Waals surface area contributed by atoms with Crippen molar-refractivity contribution in [3.8, 4) is 5.75 Å². The van der Waals surface area contributed by atoms with E-state index < -0.39 is 0 Å². The van der Waals surface area contributed by atoms with E-state index in [1.165, 1.54) is 0 Å². The summed E-state index contributed by atoms with van der Waals surface area (Å²) in [5.41, 5.74) is 1.49. The normalized spacial score (nSPS) is 11.2. The molecule has 1 heterocycles. The van der Waals surface area contributed by atoms with E-state index >= 15 is 0 Å². The van der Waals surface area contributed by atoms with Gasteiger partial charge in [-0.05, 0) is 36.4 Å². The van der Waals surface area contributed by atoms with Crippen LogP contribution in [-0.2, 0) is 0 Å². The lowest BCUT2D eigenvalue weighted by Crippen LogP contribution is -1.79. The van der Waals surface area contributed by atoms with E-state index in [1.807, 2.05) is 48.5 Å². The fraction of sp³-hybridized carbons (Fsp3) is 0.0714.